The second-order valence-corrected chi connectivity index (χ2v) is 5.64. The minimum Gasteiger partial charge on any atom is -0.481 e. The molecule has 6 nitrogen and oxygen atoms in total. The molecule has 6 heteroatoms. The standard InChI is InChI=1S/C13H23N3O3/c1-15-5-2-6-16(8-7-15)13(19)14-11-4-3-10(9-11)12(17)18/h10-11H,2-9H2,1H3,(H,14,19)(H,17,18)/t10-,11+/m1/s1. The summed E-state index contributed by atoms with van der Waals surface area (Å²) < 4.78 is 0. The van der Waals surface area contributed by atoms with E-state index in [1.54, 1.807) is 0 Å². The number of urea groups is 1. The average molecular weight is 269 g/mol. The second kappa shape index (κ2) is 6.23. The van der Waals surface area contributed by atoms with Crippen LogP contribution in [-0.2, 0) is 4.79 Å². The number of hydrogen-bond acceptors (Lipinski definition) is 3. The number of aliphatic carboxylic acids is 1. The number of amides is 2. The number of likely N-dealkylation sites (N-methyl/N-ethyl adjacent to an activating group) is 1. The molecule has 0 aromatic carbocycles. The van der Waals surface area contributed by atoms with Gasteiger partial charge in [0.1, 0.15) is 0 Å². The van der Waals surface area contributed by atoms with Crippen LogP contribution in [0.15, 0.2) is 0 Å². The van der Waals surface area contributed by atoms with E-state index in [0.29, 0.717) is 12.8 Å². The number of rotatable bonds is 2. The van der Waals surface area contributed by atoms with E-state index in [2.05, 4.69) is 17.3 Å². The van der Waals surface area contributed by atoms with Gasteiger partial charge in [0.2, 0.25) is 0 Å². The molecule has 19 heavy (non-hydrogen) atoms. The molecular formula is C13H23N3O3. The van der Waals surface area contributed by atoms with Crippen molar-refractivity contribution in [3.8, 4) is 0 Å². The quantitative estimate of drug-likeness (QED) is 0.769. The number of carboxylic acids is 1. The van der Waals surface area contributed by atoms with Gasteiger partial charge in [0.05, 0.1) is 5.92 Å². The van der Waals surface area contributed by atoms with E-state index in [9.17, 15) is 9.59 Å². The molecule has 2 rings (SSSR count). The smallest absolute Gasteiger partial charge is 0.317 e. The summed E-state index contributed by atoms with van der Waals surface area (Å²) in [6.45, 7) is 3.45. The largest absolute Gasteiger partial charge is 0.481 e. The van der Waals surface area contributed by atoms with Gasteiger partial charge < -0.3 is 20.2 Å². The highest BCUT2D eigenvalue weighted by Gasteiger charge is 2.31. The molecule has 1 aliphatic carbocycles. The highest BCUT2D eigenvalue weighted by atomic mass is 16.4. The molecule has 2 aliphatic rings. The maximum Gasteiger partial charge on any atom is 0.317 e. The summed E-state index contributed by atoms with van der Waals surface area (Å²) >= 11 is 0. The van der Waals surface area contributed by atoms with Gasteiger partial charge in [0, 0.05) is 25.7 Å². The van der Waals surface area contributed by atoms with Crippen LogP contribution in [0.5, 0.6) is 0 Å². The normalized spacial score (nSPS) is 29.0. The number of nitrogens with one attached hydrogen (secondary N) is 1. The Morgan fingerprint density at radius 3 is 2.63 bits per heavy atom. The number of carbonyl (C=O) groups excluding carboxylic acids is 1. The maximum atomic E-state index is 12.1. The molecule has 0 aromatic rings. The van der Waals surface area contributed by atoms with E-state index >= 15 is 0 Å². The van der Waals surface area contributed by atoms with E-state index in [0.717, 1.165) is 39.0 Å². The molecule has 2 atom stereocenters. The lowest BCUT2D eigenvalue weighted by molar-refractivity contribution is -0.141. The summed E-state index contributed by atoms with van der Waals surface area (Å²) in [6, 6.07) is -0.0130. The molecule has 1 heterocycles. The topological polar surface area (TPSA) is 72.9 Å². The second-order valence-electron chi connectivity index (χ2n) is 5.64. The fourth-order valence-corrected chi connectivity index (χ4v) is 2.85. The third-order valence-corrected chi connectivity index (χ3v) is 4.12. The lowest BCUT2D eigenvalue weighted by Crippen LogP contribution is -2.45. The van der Waals surface area contributed by atoms with Gasteiger partial charge in [0.15, 0.2) is 0 Å². The molecule has 0 spiro atoms. The molecule has 0 aromatic heterocycles. The zero-order valence-corrected chi connectivity index (χ0v) is 11.5. The van der Waals surface area contributed by atoms with Crippen molar-refractivity contribution in [2.24, 2.45) is 5.92 Å². The van der Waals surface area contributed by atoms with Gasteiger partial charge in [-0.3, -0.25) is 4.79 Å². The zero-order valence-electron chi connectivity index (χ0n) is 11.5. The van der Waals surface area contributed by atoms with Gasteiger partial charge in [-0.25, -0.2) is 4.79 Å². The van der Waals surface area contributed by atoms with Crippen LogP contribution in [0, 0.1) is 5.92 Å². The van der Waals surface area contributed by atoms with E-state index < -0.39 is 5.97 Å². The van der Waals surface area contributed by atoms with Crippen molar-refractivity contribution in [3.63, 3.8) is 0 Å². The number of carbonyl (C=O) groups is 2. The Balaban J connectivity index is 1.79. The van der Waals surface area contributed by atoms with Crippen molar-refractivity contribution in [1.29, 1.82) is 0 Å². The van der Waals surface area contributed by atoms with Crippen LogP contribution >= 0.6 is 0 Å². The third kappa shape index (κ3) is 3.83. The van der Waals surface area contributed by atoms with E-state index in [1.165, 1.54) is 0 Å². The summed E-state index contributed by atoms with van der Waals surface area (Å²) in [6.07, 6.45) is 3.00. The Kier molecular flexibility index (Phi) is 4.63. The first-order chi connectivity index (χ1) is 9.06. The molecule has 108 valence electrons. The van der Waals surface area contributed by atoms with Gasteiger partial charge in [-0.1, -0.05) is 0 Å². The summed E-state index contributed by atoms with van der Waals surface area (Å²) in [5.41, 5.74) is 0. The Morgan fingerprint density at radius 1 is 1.16 bits per heavy atom. The van der Waals surface area contributed by atoms with Gasteiger partial charge in [0.25, 0.3) is 0 Å². The molecule has 1 aliphatic heterocycles. The summed E-state index contributed by atoms with van der Waals surface area (Å²) in [5, 5.41) is 11.9. The van der Waals surface area contributed by atoms with Crippen LogP contribution in [0.25, 0.3) is 0 Å². The Labute approximate surface area is 113 Å². The first-order valence-electron chi connectivity index (χ1n) is 7.03. The Morgan fingerprint density at radius 2 is 1.95 bits per heavy atom. The van der Waals surface area contributed by atoms with Crippen molar-refractivity contribution >= 4 is 12.0 Å². The zero-order chi connectivity index (χ0) is 13.8. The van der Waals surface area contributed by atoms with Crippen LogP contribution in [0.2, 0.25) is 0 Å². The SMILES string of the molecule is CN1CCCN(C(=O)N[C@H]2CC[C@@H](C(=O)O)C2)CC1. The van der Waals surface area contributed by atoms with Crippen LogP contribution in [0.4, 0.5) is 4.79 Å². The number of carboxylic acid groups (broad SMARTS) is 1. The molecule has 0 bridgehead atoms. The lowest BCUT2D eigenvalue weighted by atomic mass is 10.1. The first kappa shape index (κ1) is 14.1. The van der Waals surface area contributed by atoms with E-state index in [4.69, 9.17) is 5.11 Å². The lowest BCUT2D eigenvalue weighted by Gasteiger charge is -2.23. The van der Waals surface area contributed by atoms with Crippen molar-refractivity contribution in [3.05, 3.63) is 0 Å². The van der Waals surface area contributed by atoms with Crippen molar-refractivity contribution < 1.29 is 14.7 Å². The van der Waals surface area contributed by atoms with Crippen molar-refractivity contribution in [2.45, 2.75) is 31.7 Å². The number of hydrogen-bond donors (Lipinski definition) is 2. The maximum absolute atomic E-state index is 12.1. The van der Waals surface area contributed by atoms with Gasteiger partial charge in [-0.15, -0.1) is 0 Å². The first-order valence-corrected chi connectivity index (χ1v) is 7.03. The fraction of sp³-hybridized carbons (Fsp3) is 0.846. The molecule has 2 fully saturated rings. The predicted octanol–water partition coefficient (Wildman–Crippen LogP) is 0.587. The van der Waals surface area contributed by atoms with Crippen LogP contribution in [0.3, 0.4) is 0 Å². The van der Waals surface area contributed by atoms with Crippen molar-refractivity contribution in [1.82, 2.24) is 15.1 Å². The van der Waals surface area contributed by atoms with E-state index in [-0.39, 0.29) is 18.0 Å². The monoisotopic (exact) mass is 269 g/mol. The summed E-state index contributed by atoms with van der Waals surface area (Å²) in [5.74, 6) is -1.03. The number of nitrogens with zero attached hydrogens (tertiary/aromatic N) is 2. The van der Waals surface area contributed by atoms with E-state index in [1.807, 2.05) is 4.90 Å². The molecule has 1 saturated heterocycles. The predicted molar refractivity (Wildman–Crippen MR) is 71.0 cm³/mol. The fourth-order valence-electron chi connectivity index (χ4n) is 2.85. The molecule has 1 saturated carbocycles. The van der Waals surface area contributed by atoms with Crippen molar-refractivity contribution in [2.75, 3.05) is 33.2 Å². The van der Waals surface area contributed by atoms with Crippen LogP contribution in [-0.4, -0.2) is 66.2 Å². The molecule has 2 N–H and O–H groups in total. The Bertz CT molecular complexity index is 348. The van der Waals surface area contributed by atoms with Crippen LogP contribution < -0.4 is 5.32 Å². The van der Waals surface area contributed by atoms with Gasteiger partial charge in [-0.2, -0.15) is 0 Å². The minimum absolute atomic E-state index is 0.0228. The summed E-state index contributed by atoms with van der Waals surface area (Å²) in [4.78, 5) is 27.1. The highest BCUT2D eigenvalue weighted by molar-refractivity contribution is 5.75. The summed E-state index contributed by atoms with van der Waals surface area (Å²) in [7, 11) is 2.07. The molecule has 0 unspecified atom stereocenters. The third-order valence-electron chi connectivity index (χ3n) is 4.12. The van der Waals surface area contributed by atoms with Gasteiger partial charge >= 0.3 is 12.0 Å². The molecule has 2 amide bonds. The molecular weight excluding hydrogens is 246 g/mol. The van der Waals surface area contributed by atoms with Gasteiger partial charge in [-0.05, 0) is 39.3 Å². The minimum atomic E-state index is -0.742. The van der Waals surface area contributed by atoms with Crippen LogP contribution in [0.1, 0.15) is 25.7 Å². The Hall–Kier alpha value is -1.30. The molecule has 0 radical (unpaired) electrons. The highest BCUT2D eigenvalue weighted by Crippen LogP contribution is 2.25. The average Bonchev–Trinajstić information content (AvgIpc) is 2.71.